The van der Waals surface area contributed by atoms with Gasteiger partial charge in [-0.3, -0.25) is 0 Å². The second kappa shape index (κ2) is 11.9. The molecule has 0 spiro atoms. The SMILES string of the molecule is CCCOCCCOCC[CH]OC. The summed E-state index contributed by atoms with van der Waals surface area (Å²) in [7, 11) is 1.65. The molecule has 0 aromatic rings. The predicted octanol–water partition coefficient (Wildman–Crippen LogP) is 2.02. The Balaban J connectivity index is 2.76. The zero-order chi connectivity index (χ0) is 9.78. The highest BCUT2D eigenvalue weighted by molar-refractivity contribution is 4.47. The molecule has 0 saturated heterocycles. The van der Waals surface area contributed by atoms with Gasteiger partial charge in [0.05, 0.1) is 6.61 Å². The van der Waals surface area contributed by atoms with Gasteiger partial charge in [-0.1, -0.05) is 6.92 Å². The van der Waals surface area contributed by atoms with Crippen LogP contribution in [0.4, 0.5) is 0 Å². The van der Waals surface area contributed by atoms with Gasteiger partial charge in [-0.25, -0.2) is 0 Å². The molecule has 0 bridgehead atoms. The van der Waals surface area contributed by atoms with Crippen molar-refractivity contribution in [2.45, 2.75) is 26.2 Å². The van der Waals surface area contributed by atoms with Crippen LogP contribution in [0, 0.1) is 6.61 Å². The van der Waals surface area contributed by atoms with Crippen molar-refractivity contribution < 1.29 is 14.2 Å². The van der Waals surface area contributed by atoms with Gasteiger partial charge in [0.25, 0.3) is 0 Å². The normalized spacial score (nSPS) is 10.6. The summed E-state index contributed by atoms with van der Waals surface area (Å²) >= 11 is 0. The first-order chi connectivity index (χ1) is 6.41. The lowest BCUT2D eigenvalue weighted by Gasteiger charge is -2.04. The first-order valence-electron chi connectivity index (χ1n) is 4.91. The molecule has 0 aromatic carbocycles. The standard InChI is InChI=1S/C10H21O3/c1-3-6-12-9-5-10-13-8-4-7-11-2/h7H,3-6,8-10H2,1-2H3. The van der Waals surface area contributed by atoms with E-state index in [4.69, 9.17) is 14.2 Å². The summed E-state index contributed by atoms with van der Waals surface area (Å²) in [5.41, 5.74) is 0. The lowest BCUT2D eigenvalue weighted by Crippen LogP contribution is -2.02. The topological polar surface area (TPSA) is 27.7 Å². The molecule has 0 rings (SSSR count). The molecule has 0 N–H and O–H groups in total. The third-order valence-corrected chi connectivity index (χ3v) is 1.47. The molecule has 1 radical (unpaired) electrons. The Labute approximate surface area is 81.4 Å². The number of rotatable bonds is 10. The number of hydrogen-bond acceptors (Lipinski definition) is 3. The van der Waals surface area contributed by atoms with Crippen molar-refractivity contribution in [1.29, 1.82) is 0 Å². The molecule has 3 heteroatoms. The number of ether oxygens (including phenoxy) is 3. The molecular formula is C10H21O3. The third kappa shape index (κ3) is 11.9. The van der Waals surface area contributed by atoms with Gasteiger partial charge in [0.2, 0.25) is 0 Å². The maximum absolute atomic E-state index is 5.32. The van der Waals surface area contributed by atoms with Crippen LogP contribution in [-0.2, 0) is 14.2 Å². The van der Waals surface area contributed by atoms with Gasteiger partial charge < -0.3 is 14.2 Å². The minimum atomic E-state index is 0.738. The van der Waals surface area contributed by atoms with E-state index in [0.717, 1.165) is 45.7 Å². The first-order valence-corrected chi connectivity index (χ1v) is 4.91. The maximum Gasteiger partial charge on any atom is 0.0855 e. The molecule has 0 unspecified atom stereocenters. The Morgan fingerprint density at radius 3 is 2.31 bits per heavy atom. The van der Waals surface area contributed by atoms with Crippen molar-refractivity contribution in [3.8, 4) is 0 Å². The van der Waals surface area contributed by atoms with Gasteiger partial charge >= 0.3 is 0 Å². The first kappa shape index (κ1) is 12.9. The highest BCUT2D eigenvalue weighted by atomic mass is 16.5. The molecule has 0 aliphatic heterocycles. The molecule has 0 aliphatic carbocycles. The van der Waals surface area contributed by atoms with Gasteiger partial charge in [0, 0.05) is 33.5 Å². The maximum atomic E-state index is 5.32. The van der Waals surface area contributed by atoms with E-state index in [2.05, 4.69) is 6.92 Å². The summed E-state index contributed by atoms with van der Waals surface area (Å²) in [4.78, 5) is 0. The molecule has 0 aliphatic rings. The van der Waals surface area contributed by atoms with E-state index in [1.54, 1.807) is 13.7 Å². The Kier molecular flexibility index (Phi) is 11.8. The lowest BCUT2D eigenvalue weighted by molar-refractivity contribution is 0.0792. The van der Waals surface area contributed by atoms with Crippen LogP contribution in [-0.4, -0.2) is 33.5 Å². The van der Waals surface area contributed by atoms with Gasteiger partial charge in [-0.15, -0.1) is 0 Å². The van der Waals surface area contributed by atoms with E-state index < -0.39 is 0 Å². The number of hydrogen-bond donors (Lipinski definition) is 0. The quantitative estimate of drug-likeness (QED) is 0.492. The molecule has 0 atom stereocenters. The predicted molar refractivity (Wildman–Crippen MR) is 52.5 cm³/mol. The van der Waals surface area contributed by atoms with E-state index in [1.165, 1.54) is 0 Å². The highest BCUT2D eigenvalue weighted by Crippen LogP contribution is 1.91. The number of methoxy groups -OCH3 is 1. The Morgan fingerprint density at radius 2 is 1.69 bits per heavy atom. The van der Waals surface area contributed by atoms with Crippen LogP contribution in [0.25, 0.3) is 0 Å². The molecule has 0 heterocycles. The van der Waals surface area contributed by atoms with E-state index in [1.807, 2.05) is 0 Å². The molecular weight excluding hydrogens is 168 g/mol. The van der Waals surface area contributed by atoms with Crippen molar-refractivity contribution in [3.63, 3.8) is 0 Å². The summed E-state index contributed by atoms with van der Waals surface area (Å²) in [6.07, 6.45) is 2.92. The highest BCUT2D eigenvalue weighted by Gasteiger charge is 1.90. The molecule has 79 valence electrons. The Bertz CT molecular complexity index is 76.2. The van der Waals surface area contributed by atoms with Crippen LogP contribution >= 0.6 is 0 Å². The summed E-state index contributed by atoms with van der Waals surface area (Å²) < 4.78 is 15.4. The largest absolute Gasteiger partial charge is 0.381 e. The van der Waals surface area contributed by atoms with Gasteiger partial charge in [0.15, 0.2) is 0 Å². The van der Waals surface area contributed by atoms with Crippen LogP contribution in [0.2, 0.25) is 0 Å². The smallest absolute Gasteiger partial charge is 0.0855 e. The van der Waals surface area contributed by atoms with Crippen LogP contribution in [0.1, 0.15) is 26.2 Å². The fourth-order valence-electron chi connectivity index (χ4n) is 0.861. The molecule has 0 saturated carbocycles. The van der Waals surface area contributed by atoms with Gasteiger partial charge in [0.1, 0.15) is 0 Å². The monoisotopic (exact) mass is 189 g/mol. The fraction of sp³-hybridized carbons (Fsp3) is 0.900. The molecule has 0 aromatic heterocycles. The van der Waals surface area contributed by atoms with E-state index in [9.17, 15) is 0 Å². The minimum Gasteiger partial charge on any atom is -0.381 e. The lowest BCUT2D eigenvalue weighted by atomic mass is 10.4. The van der Waals surface area contributed by atoms with Crippen LogP contribution in [0.5, 0.6) is 0 Å². The van der Waals surface area contributed by atoms with Crippen molar-refractivity contribution in [3.05, 3.63) is 6.61 Å². The van der Waals surface area contributed by atoms with E-state index in [-0.39, 0.29) is 0 Å². The summed E-state index contributed by atoms with van der Waals surface area (Å²) in [6, 6.07) is 0. The molecule has 0 fully saturated rings. The molecule has 0 amide bonds. The minimum absolute atomic E-state index is 0.738. The zero-order valence-electron chi connectivity index (χ0n) is 8.75. The van der Waals surface area contributed by atoms with Crippen LogP contribution in [0.15, 0.2) is 0 Å². The van der Waals surface area contributed by atoms with Crippen molar-refractivity contribution in [1.82, 2.24) is 0 Å². The summed E-state index contributed by atoms with van der Waals surface area (Å²) in [5.74, 6) is 0. The van der Waals surface area contributed by atoms with E-state index >= 15 is 0 Å². The second-order valence-corrected chi connectivity index (χ2v) is 2.77. The van der Waals surface area contributed by atoms with Crippen LogP contribution < -0.4 is 0 Å². The third-order valence-electron chi connectivity index (χ3n) is 1.47. The van der Waals surface area contributed by atoms with Crippen molar-refractivity contribution in [2.24, 2.45) is 0 Å². The fourth-order valence-corrected chi connectivity index (χ4v) is 0.861. The zero-order valence-corrected chi connectivity index (χ0v) is 8.75. The average Bonchev–Trinajstić information content (AvgIpc) is 2.16. The van der Waals surface area contributed by atoms with Gasteiger partial charge in [-0.2, -0.15) is 0 Å². The van der Waals surface area contributed by atoms with Crippen LogP contribution in [0.3, 0.4) is 0 Å². The summed E-state index contributed by atoms with van der Waals surface area (Å²) in [6.45, 7) is 7.03. The summed E-state index contributed by atoms with van der Waals surface area (Å²) in [5, 5.41) is 0. The average molecular weight is 189 g/mol. The Morgan fingerprint density at radius 1 is 1.00 bits per heavy atom. The van der Waals surface area contributed by atoms with Crippen molar-refractivity contribution in [2.75, 3.05) is 33.5 Å². The van der Waals surface area contributed by atoms with Crippen molar-refractivity contribution >= 4 is 0 Å². The Hall–Kier alpha value is -0.120. The van der Waals surface area contributed by atoms with Gasteiger partial charge in [-0.05, 0) is 19.3 Å². The van der Waals surface area contributed by atoms with E-state index in [0.29, 0.717) is 0 Å². The second-order valence-electron chi connectivity index (χ2n) is 2.77. The molecule has 3 nitrogen and oxygen atoms in total. The molecule has 13 heavy (non-hydrogen) atoms.